The summed E-state index contributed by atoms with van der Waals surface area (Å²) >= 11 is 0. The summed E-state index contributed by atoms with van der Waals surface area (Å²) < 4.78 is 6.93. The van der Waals surface area contributed by atoms with Crippen LogP contribution in [0.1, 0.15) is 46.5 Å². The van der Waals surface area contributed by atoms with Crippen molar-refractivity contribution in [3.63, 3.8) is 0 Å². The first kappa shape index (κ1) is 30.0. The van der Waals surface area contributed by atoms with Gasteiger partial charge in [0.05, 0.1) is 30.1 Å². The minimum Gasteiger partial charge on any atom is -0.394 e. The molecular weight excluding hydrogens is 530 g/mol. The van der Waals surface area contributed by atoms with Crippen LogP contribution in [0.5, 0.6) is 0 Å². The fraction of sp³-hybridized carbons (Fsp3) is 0.500. The van der Waals surface area contributed by atoms with Gasteiger partial charge in [0.1, 0.15) is 11.6 Å². The Kier molecular flexibility index (Phi) is 8.32. The van der Waals surface area contributed by atoms with E-state index in [-0.39, 0.29) is 30.9 Å². The van der Waals surface area contributed by atoms with Crippen LogP contribution in [0, 0.1) is 11.8 Å². The third kappa shape index (κ3) is 4.47. The first-order valence-electron chi connectivity index (χ1n) is 15.2. The molecule has 8 heteroatoms. The minimum absolute atomic E-state index is 0.124. The van der Waals surface area contributed by atoms with Gasteiger partial charge in [0.25, 0.3) is 5.91 Å². The van der Waals surface area contributed by atoms with E-state index in [1.807, 2.05) is 56.3 Å². The van der Waals surface area contributed by atoms with Crippen molar-refractivity contribution >= 4 is 34.2 Å². The quantitative estimate of drug-likeness (QED) is 0.382. The number of anilines is 1. The molecule has 3 fully saturated rings. The van der Waals surface area contributed by atoms with Gasteiger partial charge in [-0.05, 0) is 55.5 Å². The van der Waals surface area contributed by atoms with Gasteiger partial charge in [-0.2, -0.15) is 0 Å². The van der Waals surface area contributed by atoms with E-state index in [1.54, 1.807) is 28.9 Å². The number of nitrogens with zero attached hydrogens (tertiary/aromatic N) is 3. The maximum atomic E-state index is 14.8. The number of ether oxygens (including phenoxy) is 1. The van der Waals surface area contributed by atoms with Crippen LogP contribution in [0.3, 0.4) is 0 Å². The average Bonchev–Trinajstić information content (AvgIpc) is 3.62. The molecule has 2 bridgehead atoms. The lowest BCUT2D eigenvalue weighted by atomic mass is 9.64. The fourth-order valence-electron chi connectivity index (χ4n) is 7.73. The van der Waals surface area contributed by atoms with E-state index in [4.69, 9.17) is 4.74 Å². The molecule has 3 amide bonds. The van der Waals surface area contributed by atoms with E-state index in [9.17, 15) is 19.5 Å². The number of carbonyl (C=O) groups excluding carboxylic acids is 3. The summed E-state index contributed by atoms with van der Waals surface area (Å²) in [4.78, 5) is 48.4. The molecule has 1 N–H and O–H groups in total. The third-order valence-corrected chi connectivity index (χ3v) is 9.63. The highest BCUT2D eigenvalue weighted by Gasteiger charge is 2.79. The van der Waals surface area contributed by atoms with Gasteiger partial charge in [-0.3, -0.25) is 14.4 Å². The number of carbonyl (C=O) groups is 3. The zero-order valence-corrected chi connectivity index (χ0v) is 25.0. The van der Waals surface area contributed by atoms with Crippen LogP contribution in [-0.4, -0.2) is 82.2 Å². The van der Waals surface area contributed by atoms with Crippen molar-refractivity contribution in [1.82, 2.24) is 9.80 Å². The van der Waals surface area contributed by atoms with Crippen molar-refractivity contribution in [3.05, 3.63) is 67.8 Å². The van der Waals surface area contributed by atoms with E-state index in [2.05, 4.69) is 13.2 Å². The highest BCUT2D eigenvalue weighted by atomic mass is 16.5. The lowest BCUT2D eigenvalue weighted by Gasteiger charge is -2.38. The van der Waals surface area contributed by atoms with Gasteiger partial charge in [-0.25, -0.2) is 0 Å². The van der Waals surface area contributed by atoms with Crippen LogP contribution in [0.15, 0.2) is 67.8 Å². The van der Waals surface area contributed by atoms with Crippen molar-refractivity contribution in [2.45, 2.75) is 69.7 Å². The molecule has 2 unspecified atom stereocenters. The topological polar surface area (TPSA) is 90.4 Å². The molecule has 0 radical (unpaired) electrons. The number of likely N-dealkylation sites (tertiary alicyclic amines) is 1. The smallest absolute Gasteiger partial charge is 0.253 e. The number of benzene rings is 2. The fourth-order valence-corrected chi connectivity index (χ4v) is 7.73. The van der Waals surface area contributed by atoms with Crippen LogP contribution in [-0.2, 0) is 19.1 Å². The Morgan fingerprint density at radius 3 is 2.45 bits per heavy atom. The number of aliphatic hydroxyl groups is 1. The molecule has 2 aromatic rings. The van der Waals surface area contributed by atoms with Crippen molar-refractivity contribution in [3.8, 4) is 0 Å². The van der Waals surface area contributed by atoms with Crippen LogP contribution in [0.2, 0.25) is 0 Å². The van der Waals surface area contributed by atoms with Crippen LogP contribution in [0.4, 0.5) is 5.69 Å². The summed E-state index contributed by atoms with van der Waals surface area (Å²) in [5.41, 5.74) is -1.31. The molecule has 0 aliphatic carbocycles. The molecule has 3 saturated heterocycles. The van der Waals surface area contributed by atoms with Gasteiger partial charge in [-0.1, -0.05) is 56.3 Å². The molecule has 42 heavy (non-hydrogen) atoms. The zero-order chi connectivity index (χ0) is 30.2. The summed E-state index contributed by atoms with van der Waals surface area (Å²) in [6.45, 7) is 14.3. The van der Waals surface area contributed by atoms with Gasteiger partial charge < -0.3 is 24.5 Å². The largest absolute Gasteiger partial charge is 0.394 e. The van der Waals surface area contributed by atoms with Crippen molar-refractivity contribution < 1.29 is 24.2 Å². The van der Waals surface area contributed by atoms with Gasteiger partial charge >= 0.3 is 0 Å². The summed E-state index contributed by atoms with van der Waals surface area (Å²) in [6, 6.07) is 12.2. The SMILES string of the molecule is C=CCN(CCC)C(=O)[C@H]1[C@H]2C(=O)N([C@H](C)CO)C(C(=O)N(CC=C)c3ccc4ccccc4c3)C23CC[C@]1(CC)O3. The number of hydrogen-bond acceptors (Lipinski definition) is 5. The maximum absolute atomic E-state index is 14.8. The Morgan fingerprint density at radius 1 is 1.10 bits per heavy atom. The number of aliphatic hydroxyl groups excluding tert-OH is 1. The Balaban J connectivity index is 1.62. The lowest BCUT2D eigenvalue weighted by molar-refractivity contribution is -0.153. The highest BCUT2D eigenvalue weighted by Crippen LogP contribution is 2.65. The van der Waals surface area contributed by atoms with E-state index >= 15 is 0 Å². The Morgan fingerprint density at radius 2 is 1.81 bits per heavy atom. The highest BCUT2D eigenvalue weighted by molar-refractivity contribution is 6.06. The molecule has 6 atom stereocenters. The normalized spacial score (nSPS) is 28.5. The number of amides is 3. The zero-order valence-electron chi connectivity index (χ0n) is 25.0. The lowest BCUT2D eigenvalue weighted by Crippen LogP contribution is -2.58. The average molecular weight is 574 g/mol. The standard InChI is InChI=1S/C34H43N3O5/c1-6-18-35(19-7-2)30(39)27-28-31(40)37(23(5)22-38)29(34(28)17-16-33(27,9-4)42-34)32(41)36(20-8-3)26-15-14-24-12-10-11-13-25(24)21-26/h6,8,10-15,21,23,27-29,38H,1,3,7,9,16-20,22H2,2,4-5H3/t23-,27-,28+,29?,33+,34?/m1/s1. The maximum Gasteiger partial charge on any atom is 0.253 e. The Hall–Kier alpha value is -3.49. The molecule has 0 saturated carbocycles. The van der Waals surface area contributed by atoms with Crippen LogP contribution >= 0.6 is 0 Å². The molecule has 224 valence electrons. The number of rotatable bonds is 12. The van der Waals surface area contributed by atoms with Gasteiger partial charge in [0, 0.05) is 25.3 Å². The number of fused-ring (bicyclic) bond motifs is 2. The monoisotopic (exact) mass is 573 g/mol. The van der Waals surface area contributed by atoms with E-state index in [0.29, 0.717) is 38.0 Å². The summed E-state index contributed by atoms with van der Waals surface area (Å²) in [7, 11) is 0. The molecule has 2 aromatic carbocycles. The predicted octanol–water partition coefficient (Wildman–Crippen LogP) is 4.32. The summed E-state index contributed by atoms with van der Waals surface area (Å²) in [5, 5.41) is 12.3. The van der Waals surface area contributed by atoms with Gasteiger partial charge in [0.15, 0.2) is 0 Å². The first-order chi connectivity index (χ1) is 20.2. The first-order valence-corrected chi connectivity index (χ1v) is 15.2. The molecule has 3 aliphatic heterocycles. The molecule has 0 aromatic heterocycles. The van der Waals surface area contributed by atoms with E-state index in [0.717, 1.165) is 17.2 Å². The van der Waals surface area contributed by atoms with Gasteiger partial charge in [0.2, 0.25) is 11.8 Å². The Labute approximate surface area is 248 Å². The van der Waals surface area contributed by atoms with Crippen LogP contribution < -0.4 is 4.90 Å². The van der Waals surface area contributed by atoms with Crippen molar-refractivity contribution in [1.29, 1.82) is 0 Å². The molecule has 8 nitrogen and oxygen atoms in total. The molecule has 5 rings (SSSR count). The second kappa shape index (κ2) is 11.7. The summed E-state index contributed by atoms with van der Waals surface area (Å²) in [5.74, 6) is -2.24. The second-order valence-electron chi connectivity index (χ2n) is 12.0. The predicted molar refractivity (Wildman–Crippen MR) is 164 cm³/mol. The van der Waals surface area contributed by atoms with Crippen molar-refractivity contribution in [2.75, 3.05) is 31.1 Å². The summed E-state index contributed by atoms with van der Waals surface area (Å²) in [6.07, 6.45) is 5.77. The molecular formula is C34H43N3O5. The van der Waals surface area contributed by atoms with E-state index < -0.39 is 35.1 Å². The number of hydrogen-bond donors (Lipinski definition) is 1. The molecule has 1 spiro atoms. The second-order valence-corrected chi connectivity index (χ2v) is 12.0. The Bertz CT molecular complexity index is 1390. The molecule has 3 aliphatic rings. The van der Waals surface area contributed by atoms with Gasteiger partial charge in [-0.15, -0.1) is 13.2 Å². The molecule has 3 heterocycles. The minimum atomic E-state index is -1.17. The van der Waals surface area contributed by atoms with E-state index in [1.165, 1.54) is 4.90 Å². The van der Waals surface area contributed by atoms with Crippen molar-refractivity contribution in [2.24, 2.45) is 11.8 Å². The van der Waals surface area contributed by atoms with Crippen LogP contribution in [0.25, 0.3) is 10.8 Å². The third-order valence-electron chi connectivity index (χ3n) is 9.63.